The van der Waals surface area contributed by atoms with Gasteiger partial charge < -0.3 is 4.90 Å². The Morgan fingerprint density at radius 1 is 1.21 bits per heavy atom. The number of hydrogen-bond acceptors (Lipinski definition) is 1. The minimum Gasteiger partial charge on any atom is -0.343 e. The molecular formula is C12H21NO. The molecule has 0 unspecified atom stereocenters. The van der Waals surface area contributed by atoms with E-state index in [1.165, 1.54) is 32.1 Å². The molecule has 0 aromatic rings. The number of carbonyl (C=O) groups is 1. The summed E-state index contributed by atoms with van der Waals surface area (Å²) in [4.78, 5) is 13.9. The van der Waals surface area contributed by atoms with Gasteiger partial charge in [0.25, 0.3) is 0 Å². The van der Waals surface area contributed by atoms with Crippen molar-refractivity contribution in [3.63, 3.8) is 0 Å². The van der Waals surface area contributed by atoms with Crippen molar-refractivity contribution in [2.75, 3.05) is 13.1 Å². The van der Waals surface area contributed by atoms with Gasteiger partial charge in [-0.25, -0.2) is 0 Å². The van der Waals surface area contributed by atoms with Gasteiger partial charge in [0.1, 0.15) is 0 Å². The second-order valence-corrected chi connectivity index (χ2v) is 5.25. The Morgan fingerprint density at radius 2 is 1.86 bits per heavy atom. The lowest BCUT2D eigenvalue weighted by molar-refractivity contribution is -0.132. The highest BCUT2D eigenvalue weighted by Crippen LogP contribution is 2.48. The van der Waals surface area contributed by atoms with Gasteiger partial charge >= 0.3 is 0 Å². The van der Waals surface area contributed by atoms with Crippen molar-refractivity contribution in [1.82, 2.24) is 4.90 Å². The molecule has 1 amide bonds. The number of rotatable bonds is 3. The first-order valence-electron chi connectivity index (χ1n) is 5.97. The van der Waals surface area contributed by atoms with Gasteiger partial charge in [-0.15, -0.1) is 0 Å². The van der Waals surface area contributed by atoms with E-state index in [2.05, 4.69) is 11.8 Å². The normalized spacial score (nSPS) is 24.8. The Hall–Kier alpha value is -0.530. The Bertz CT molecular complexity index is 214. The topological polar surface area (TPSA) is 20.3 Å². The average molecular weight is 195 g/mol. The predicted octanol–water partition coefficient (Wildman–Crippen LogP) is 2.58. The van der Waals surface area contributed by atoms with E-state index in [9.17, 15) is 4.79 Å². The quantitative estimate of drug-likeness (QED) is 0.678. The fourth-order valence-corrected chi connectivity index (χ4v) is 2.17. The average Bonchev–Trinajstić information content (AvgIpc) is 2.95. The Morgan fingerprint density at radius 3 is 2.43 bits per heavy atom. The third-order valence-electron chi connectivity index (χ3n) is 3.75. The van der Waals surface area contributed by atoms with E-state index in [4.69, 9.17) is 0 Å². The van der Waals surface area contributed by atoms with Crippen LogP contribution in [0.5, 0.6) is 0 Å². The van der Waals surface area contributed by atoms with Crippen molar-refractivity contribution >= 4 is 5.91 Å². The molecule has 1 aliphatic heterocycles. The van der Waals surface area contributed by atoms with Gasteiger partial charge in [0, 0.05) is 19.5 Å². The summed E-state index contributed by atoms with van der Waals surface area (Å²) >= 11 is 0. The fourth-order valence-electron chi connectivity index (χ4n) is 2.17. The first-order valence-corrected chi connectivity index (χ1v) is 5.97. The van der Waals surface area contributed by atoms with E-state index >= 15 is 0 Å². The molecule has 0 aromatic carbocycles. The largest absolute Gasteiger partial charge is 0.343 e. The summed E-state index contributed by atoms with van der Waals surface area (Å²) in [5.74, 6) is 0.401. The fraction of sp³-hybridized carbons (Fsp3) is 0.917. The lowest BCUT2D eigenvalue weighted by Crippen LogP contribution is -2.35. The summed E-state index contributed by atoms with van der Waals surface area (Å²) in [7, 11) is 0. The first-order chi connectivity index (χ1) is 6.70. The Balaban J connectivity index is 1.71. The number of carbonyl (C=O) groups excluding carboxylic acids is 1. The maximum Gasteiger partial charge on any atom is 0.222 e. The van der Waals surface area contributed by atoms with Crippen LogP contribution in [-0.4, -0.2) is 23.9 Å². The number of piperidine rings is 1. The van der Waals surface area contributed by atoms with Gasteiger partial charge in [-0.2, -0.15) is 0 Å². The third-order valence-corrected chi connectivity index (χ3v) is 3.75. The zero-order valence-electron chi connectivity index (χ0n) is 9.22. The number of likely N-dealkylation sites (tertiary alicyclic amines) is 1. The van der Waals surface area contributed by atoms with E-state index in [-0.39, 0.29) is 0 Å². The molecule has 1 heterocycles. The minimum atomic E-state index is 0.401. The highest BCUT2D eigenvalue weighted by Gasteiger charge is 2.37. The third kappa shape index (κ3) is 2.49. The molecule has 1 aliphatic carbocycles. The van der Waals surface area contributed by atoms with Gasteiger partial charge in [0.05, 0.1) is 0 Å². The molecule has 0 N–H and O–H groups in total. The maximum absolute atomic E-state index is 11.8. The van der Waals surface area contributed by atoms with Crippen LogP contribution in [0, 0.1) is 5.41 Å². The van der Waals surface area contributed by atoms with Gasteiger partial charge in [-0.05, 0) is 43.9 Å². The monoisotopic (exact) mass is 195 g/mol. The van der Waals surface area contributed by atoms with Crippen LogP contribution in [0.25, 0.3) is 0 Å². The molecule has 1 saturated carbocycles. The second-order valence-electron chi connectivity index (χ2n) is 5.25. The molecule has 2 heteroatoms. The highest BCUT2D eigenvalue weighted by molar-refractivity contribution is 5.76. The molecule has 0 spiro atoms. The van der Waals surface area contributed by atoms with E-state index in [1.807, 2.05) is 0 Å². The Kier molecular flexibility index (Phi) is 2.80. The maximum atomic E-state index is 11.8. The van der Waals surface area contributed by atoms with Gasteiger partial charge in [-0.1, -0.05) is 6.92 Å². The molecule has 0 radical (unpaired) electrons. The molecule has 2 rings (SSSR count). The predicted molar refractivity (Wildman–Crippen MR) is 57.0 cm³/mol. The van der Waals surface area contributed by atoms with Crippen LogP contribution in [-0.2, 0) is 4.79 Å². The molecule has 1 saturated heterocycles. The summed E-state index contributed by atoms with van der Waals surface area (Å²) in [5, 5.41) is 0. The molecule has 2 fully saturated rings. The van der Waals surface area contributed by atoms with E-state index in [1.54, 1.807) is 0 Å². The van der Waals surface area contributed by atoms with E-state index in [0.29, 0.717) is 11.3 Å². The SMILES string of the molecule is CC1(CCC(=O)N2CCCCC2)CC1. The van der Waals surface area contributed by atoms with Gasteiger partial charge in [-0.3, -0.25) is 4.79 Å². The molecule has 2 nitrogen and oxygen atoms in total. The number of hydrogen-bond donors (Lipinski definition) is 0. The standard InChI is InChI=1S/C12H21NO/c1-12(7-8-12)6-5-11(14)13-9-3-2-4-10-13/h2-10H2,1H3. The lowest BCUT2D eigenvalue weighted by Gasteiger charge is -2.27. The highest BCUT2D eigenvalue weighted by atomic mass is 16.2. The van der Waals surface area contributed by atoms with Crippen LogP contribution in [0.4, 0.5) is 0 Å². The van der Waals surface area contributed by atoms with Crippen LogP contribution >= 0.6 is 0 Å². The van der Waals surface area contributed by atoms with E-state index in [0.717, 1.165) is 25.9 Å². The summed E-state index contributed by atoms with van der Waals surface area (Å²) < 4.78 is 0. The van der Waals surface area contributed by atoms with Crippen LogP contribution in [0.2, 0.25) is 0 Å². The molecule has 14 heavy (non-hydrogen) atoms. The molecule has 80 valence electrons. The summed E-state index contributed by atoms with van der Waals surface area (Å²) in [5.41, 5.74) is 0.533. The summed E-state index contributed by atoms with van der Waals surface area (Å²) in [6.07, 6.45) is 8.30. The zero-order valence-corrected chi connectivity index (χ0v) is 9.22. The lowest BCUT2D eigenvalue weighted by atomic mass is 10.0. The minimum absolute atomic E-state index is 0.401. The molecule has 0 aromatic heterocycles. The zero-order chi connectivity index (χ0) is 10.0. The summed E-state index contributed by atoms with van der Waals surface area (Å²) in [6, 6.07) is 0. The number of nitrogens with zero attached hydrogens (tertiary/aromatic N) is 1. The van der Waals surface area contributed by atoms with Gasteiger partial charge in [0.2, 0.25) is 5.91 Å². The molecule has 0 atom stereocenters. The van der Waals surface area contributed by atoms with Crippen molar-refractivity contribution in [3.8, 4) is 0 Å². The van der Waals surface area contributed by atoms with Crippen molar-refractivity contribution in [3.05, 3.63) is 0 Å². The van der Waals surface area contributed by atoms with Crippen LogP contribution in [0.15, 0.2) is 0 Å². The smallest absolute Gasteiger partial charge is 0.222 e. The van der Waals surface area contributed by atoms with Gasteiger partial charge in [0.15, 0.2) is 0 Å². The molecular weight excluding hydrogens is 174 g/mol. The molecule has 2 aliphatic rings. The van der Waals surface area contributed by atoms with Crippen molar-refractivity contribution in [1.29, 1.82) is 0 Å². The van der Waals surface area contributed by atoms with E-state index < -0.39 is 0 Å². The number of amides is 1. The molecule has 0 bridgehead atoms. The first kappa shape index (κ1) is 10.0. The second kappa shape index (κ2) is 3.92. The summed E-state index contributed by atoms with van der Waals surface area (Å²) in [6.45, 7) is 4.32. The Labute approximate surface area is 86.7 Å². The van der Waals surface area contributed by atoms with Crippen molar-refractivity contribution in [2.45, 2.75) is 51.9 Å². The van der Waals surface area contributed by atoms with Crippen LogP contribution in [0.1, 0.15) is 51.9 Å². The van der Waals surface area contributed by atoms with Crippen LogP contribution < -0.4 is 0 Å². The van der Waals surface area contributed by atoms with Crippen molar-refractivity contribution < 1.29 is 4.79 Å². The van der Waals surface area contributed by atoms with Crippen LogP contribution in [0.3, 0.4) is 0 Å². The van der Waals surface area contributed by atoms with Crippen molar-refractivity contribution in [2.24, 2.45) is 5.41 Å².